The molecule has 2 aromatic carbocycles. The van der Waals surface area contributed by atoms with Crippen molar-refractivity contribution in [3.63, 3.8) is 0 Å². The van der Waals surface area contributed by atoms with E-state index >= 15 is 0 Å². The number of fused-ring (bicyclic) bond motifs is 1. The summed E-state index contributed by atoms with van der Waals surface area (Å²) >= 11 is 0. The van der Waals surface area contributed by atoms with Crippen LogP contribution in [-0.2, 0) is 6.54 Å². The summed E-state index contributed by atoms with van der Waals surface area (Å²) in [4.78, 5) is 13.1. The van der Waals surface area contributed by atoms with Gasteiger partial charge in [0.25, 0.3) is 5.69 Å². The second-order valence-electron chi connectivity index (χ2n) is 7.04. The van der Waals surface area contributed by atoms with Crippen molar-refractivity contribution in [2.45, 2.75) is 33.4 Å². The molecule has 0 aliphatic rings. The fourth-order valence-electron chi connectivity index (χ4n) is 3.84. The maximum atomic E-state index is 11.3. The van der Waals surface area contributed by atoms with Gasteiger partial charge in [0.05, 0.1) is 17.6 Å². The van der Waals surface area contributed by atoms with Gasteiger partial charge in [-0.2, -0.15) is 0 Å². The third-order valence-electron chi connectivity index (χ3n) is 5.34. The van der Waals surface area contributed by atoms with Crippen LogP contribution in [0.1, 0.15) is 19.5 Å². The zero-order valence-electron chi connectivity index (χ0n) is 17.0. The van der Waals surface area contributed by atoms with Gasteiger partial charge in [-0.3, -0.25) is 10.1 Å². The lowest BCUT2D eigenvalue weighted by Crippen LogP contribution is -2.34. The maximum Gasteiger partial charge on any atom is 0.270 e. The van der Waals surface area contributed by atoms with Crippen LogP contribution in [0.3, 0.4) is 0 Å². The molecule has 1 unspecified atom stereocenters. The Morgan fingerprint density at radius 1 is 1.14 bits per heavy atom. The van der Waals surface area contributed by atoms with E-state index in [1.165, 1.54) is 6.07 Å². The zero-order valence-corrected chi connectivity index (χ0v) is 17.9. The minimum absolute atomic E-state index is 0. The molecule has 6 nitrogen and oxygen atoms in total. The average Bonchev–Trinajstić information content (AvgIpc) is 2.97. The van der Waals surface area contributed by atoms with Crippen LogP contribution in [-0.4, -0.2) is 45.2 Å². The smallest absolute Gasteiger partial charge is 0.270 e. The number of aliphatic hydroxyl groups is 1. The first-order valence-electron chi connectivity index (χ1n) is 9.69. The number of aliphatic hydroxyl groups excluding tert-OH is 1. The van der Waals surface area contributed by atoms with Crippen molar-refractivity contribution >= 4 is 29.0 Å². The summed E-state index contributed by atoms with van der Waals surface area (Å²) in [5.41, 5.74) is 3.98. The number of nitro groups is 1. The number of nitrogens with zero attached hydrogens (tertiary/aromatic N) is 3. The SMILES string of the molecule is CCN(CC)CC(O)Cn1c(C)c(-c2ccccc2)c2cc([N+](=O)[O-])ccc21.Cl. The van der Waals surface area contributed by atoms with Crippen LogP contribution in [0.2, 0.25) is 0 Å². The van der Waals surface area contributed by atoms with Crippen LogP contribution >= 0.6 is 12.4 Å². The molecule has 1 atom stereocenters. The molecule has 3 aromatic rings. The van der Waals surface area contributed by atoms with Gasteiger partial charge in [0, 0.05) is 40.8 Å². The lowest BCUT2D eigenvalue weighted by Gasteiger charge is -2.23. The average molecular weight is 418 g/mol. The topological polar surface area (TPSA) is 71.5 Å². The zero-order chi connectivity index (χ0) is 20.3. The monoisotopic (exact) mass is 417 g/mol. The highest BCUT2D eigenvalue weighted by atomic mass is 35.5. The van der Waals surface area contributed by atoms with E-state index in [9.17, 15) is 15.2 Å². The van der Waals surface area contributed by atoms with E-state index < -0.39 is 6.10 Å². The van der Waals surface area contributed by atoms with Gasteiger partial charge in [0.15, 0.2) is 0 Å². The lowest BCUT2D eigenvalue weighted by molar-refractivity contribution is -0.384. The largest absolute Gasteiger partial charge is 0.390 e. The summed E-state index contributed by atoms with van der Waals surface area (Å²) in [6.45, 7) is 9.00. The molecule has 1 heterocycles. The molecule has 3 rings (SSSR count). The van der Waals surface area contributed by atoms with Gasteiger partial charge >= 0.3 is 0 Å². The highest BCUT2D eigenvalue weighted by Crippen LogP contribution is 2.36. The van der Waals surface area contributed by atoms with Crippen molar-refractivity contribution < 1.29 is 10.0 Å². The lowest BCUT2D eigenvalue weighted by atomic mass is 10.0. The van der Waals surface area contributed by atoms with Gasteiger partial charge in [-0.1, -0.05) is 44.2 Å². The van der Waals surface area contributed by atoms with E-state index in [1.54, 1.807) is 12.1 Å². The van der Waals surface area contributed by atoms with Crippen molar-refractivity contribution in [3.8, 4) is 11.1 Å². The van der Waals surface area contributed by atoms with Crippen molar-refractivity contribution in [3.05, 3.63) is 64.3 Å². The number of hydrogen-bond acceptors (Lipinski definition) is 4. The summed E-state index contributed by atoms with van der Waals surface area (Å²) in [6, 6.07) is 14.9. The standard InChI is InChI=1S/C22H27N3O3.ClH/c1-4-23(5-2)14-19(26)15-24-16(3)22(17-9-7-6-8-10-17)20-13-18(25(27)28)11-12-21(20)24;/h6-13,19,26H,4-5,14-15H2,1-3H3;1H. The van der Waals surface area contributed by atoms with E-state index in [1.807, 2.05) is 37.3 Å². The van der Waals surface area contributed by atoms with E-state index in [2.05, 4.69) is 23.3 Å². The quantitative estimate of drug-likeness (QED) is 0.427. The molecule has 0 spiro atoms. The molecule has 0 aliphatic carbocycles. The molecule has 156 valence electrons. The van der Waals surface area contributed by atoms with Gasteiger partial charge < -0.3 is 14.6 Å². The molecule has 1 aromatic heterocycles. The van der Waals surface area contributed by atoms with E-state index in [-0.39, 0.29) is 23.0 Å². The Labute approximate surface area is 177 Å². The van der Waals surface area contributed by atoms with Crippen LogP contribution in [0.5, 0.6) is 0 Å². The molecular formula is C22H28ClN3O3. The first kappa shape index (κ1) is 22.9. The summed E-state index contributed by atoms with van der Waals surface area (Å²) < 4.78 is 2.08. The predicted molar refractivity (Wildman–Crippen MR) is 120 cm³/mol. The van der Waals surface area contributed by atoms with Crippen molar-refractivity contribution in [1.29, 1.82) is 0 Å². The second-order valence-corrected chi connectivity index (χ2v) is 7.04. The first-order valence-corrected chi connectivity index (χ1v) is 9.69. The number of rotatable bonds is 8. The Morgan fingerprint density at radius 3 is 2.38 bits per heavy atom. The molecule has 0 saturated heterocycles. The van der Waals surface area contributed by atoms with E-state index in [0.29, 0.717) is 13.1 Å². The van der Waals surface area contributed by atoms with E-state index in [4.69, 9.17) is 0 Å². The normalized spacial score (nSPS) is 12.2. The molecule has 0 saturated carbocycles. The van der Waals surface area contributed by atoms with Crippen LogP contribution in [0.25, 0.3) is 22.0 Å². The molecule has 7 heteroatoms. The van der Waals surface area contributed by atoms with Crippen LogP contribution < -0.4 is 0 Å². The molecule has 29 heavy (non-hydrogen) atoms. The van der Waals surface area contributed by atoms with E-state index in [0.717, 1.165) is 40.8 Å². The van der Waals surface area contributed by atoms with Gasteiger partial charge in [0.1, 0.15) is 0 Å². The van der Waals surface area contributed by atoms with Crippen molar-refractivity contribution in [1.82, 2.24) is 9.47 Å². The Balaban J connectivity index is 0.00000300. The number of likely N-dealkylation sites (N-methyl/N-ethyl adjacent to an activating group) is 1. The summed E-state index contributed by atoms with van der Waals surface area (Å²) in [5.74, 6) is 0. The number of halogens is 1. The Morgan fingerprint density at radius 2 is 1.79 bits per heavy atom. The minimum Gasteiger partial charge on any atom is -0.390 e. The molecular weight excluding hydrogens is 390 g/mol. The highest BCUT2D eigenvalue weighted by molar-refractivity contribution is 5.99. The van der Waals surface area contributed by atoms with Gasteiger partial charge in [-0.25, -0.2) is 0 Å². The number of non-ortho nitro benzene ring substituents is 1. The first-order chi connectivity index (χ1) is 13.5. The molecule has 0 bridgehead atoms. The number of aromatic nitrogens is 1. The summed E-state index contributed by atoms with van der Waals surface area (Å²) in [7, 11) is 0. The van der Waals surface area contributed by atoms with Crippen LogP contribution in [0.15, 0.2) is 48.5 Å². The number of nitro benzene ring substituents is 1. The van der Waals surface area contributed by atoms with Crippen LogP contribution in [0, 0.1) is 17.0 Å². The molecule has 1 N–H and O–H groups in total. The van der Waals surface area contributed by atoms with Crippen molar-refractivity contribution in [2.24, 2.45) is 0 Å². The highest BCUT2D eigenvalue weighted by Gasteiger charge is 2.20. The molecule has 0 amide bonds. The second kappa shape index (κ2) is 9.87. The van der Waals surface area contributed by atoms with Gasteiger partial charge in [-0.15, -0.1) is 12.4 Å². The summed E-state index contributed by atoms with van der Waals surface area (Å²) in [6.07, 6.45) is -0.520. The van der Waals surface area contributed by atoms with Crippen LogP contribution in [0.4, 0.5) is 5.69 Å². The number of benzene rings is 2. The third-order valence-corrected chi connectivity index (χ3v) is 5.34. The molecule has 0 radical (unpaired) electrons. The number of hydrogen-bond donors (Lipinski definition) is 1. The fraction of sp³-hybridized carbons (Fsp3) is 0.364. The Bertz CT molecular complexity index is 968. The third kappa shape index (κ3) is 4.78. The minimum atomic E-state index is -0.520. The van der Waals surface area contributed by atoms with Gasteiger partial charge in [-0.05, 0) is 31.6 Å². The maximum absolute atomic E-state index is 11.3. The predicted octanol–water partition coefficient (Wildman–Crippen LogP) is 4.65. The Kier molecular flexibility index (Phi) is 7.79. The fourth-order valence-corrected chi connectivity index (χ4v) is 3.84. The summed E-state index contributed by atoms with van der Waals surface area (Å²) in [5, 5.41) is 22.8. The Hall–Kier alpha value is -2.41. The molecule has 0 aliphatic heterocycles. The van der Waals surface area contributed by atoms with Gasteiger partial charge in [0.2, 0.25) is 0 Å². The van der Waals surface area contributed by atoms with Crippen molar-refractivity contribution in [2.75, 3.05) is 19.6 Å². The molecule has 0 fully saturated rings.